The number of aromatic nitrogens is 1. The zero-order valence-corrected chi connectivity index (χ0v) is 23.5. The number of piperidine rings is 1. The van der Waals surface area contributed by atoms with Gasteiger partial charge in [0.2, 0.25) is 11.8 Å². The molecule has 1 aliphatic heterocycles. The monoisotopic (exact) mass is 501 g/mol. The topological polar surface area (TPSA) is 80.8 Å². The van der Waals surface area contributed by atoms with Crippen LogP contribution in [0.25, 0.3) is 5.57 Å². The van der Waals surface area contributed by atoms with Gasteiger partial charge < -0.3 is 19.7 Å². The molecule has 0 radical (unpaired) electrons. The molecule has 0 spiro atoms. The van der Waals surface area contributed by atoms with E-state index in [-0.39, 0.29) is 17.4 Å². The highest BCUT2D eigenvalue weighted by molar-refractivity contribution is 5.84. The summed E-state index contributed by atoms with van der Waals surface area (Å²) in [5.74, 6) is 1.18. The molecule has 1 aromatic heterocycles. The maximum Gasteiger partial charge on any atom is 0.410 e. The van der Waals surface area contributed by atoms with Gasteiger partial charge in [0, 0.05) is 31.9 Å². The van der Waals surface area contributed by atoms with E-state index >= 15 is 0 Å². The molecule has 1 aliphatic carbocycles. The van der Waals surface area contributed by atoms with Crippen LogP contribution < -0.4 is 10.1 Å². The lowest BCUT2D eigenvalue weighted by atomic mass is 9.75. The van der Waals surface area contributed by atoms with Crippen LogP contribution in [0, 0.1) is 11.3 Å². The summed E-state index contributed by atoms with van der Waals surface area (Å²) in [5, 5.41) is 3.04. The largest absolute Gasteiger partial charge is 0.477 e. The highest BCUT2D eigenvalue weighted by Crippen LogP contribution is 2.38. The number of nitrogens with one attached hydrogen (secondary N) is 1. The summed E-state index contributed by atoms with van der Waals surface area (Å²) in [7, 11) is 0. The van der Waals surface area contributed by atoms with E-state index in [1.165, 1.54) is 5.57 Å². The van der Waals surface area contributed by atoms with Crippen molar-refractivity contribution in [3.05, 3.63) is 30.0 Å². The van der Waals surface area contributed by atoms with Crippen LogP contribution in [-0.4, -0.2) is 53.7 Å². The number of carbonyl (C=O) groups excluding carboxylic acids is 2. The third kappa shape index (κ3) is 8.82. The van der Waals surface area contributed by atoms with Crippen molar-refractivity contribution < 1.29 is 19.1 Å². The molecule has 3 rings (SSSR count). The number of nitrogens with zero attached hydrogens (tertiary/aromatic N) is 2. The first-order valence-corrected chi connectivity index (χ1v) is 13.6. The van der Waals surface area contributed by atoms with Gasteiger partial charge in [0.05, 0.1) is 12.0 Å². The minimum Gasteiger partial charge on any atom is -0.477 e. The lowest BCUT2D eigenvalue weighted by molar-refractivity contribution is -0.130. The van der Waals surface area contributed by atoms with Crippen LogP contribution in [0.2, 0.25) is 0 Å². The maximum absolute atomic E-state index is 12.5. The number of amides is 2. The van der Waals surface area contributed by atoms with E-state index in [1.54, 1.807) is 4.90 Å². The fourth-order valence-corrected chi connectivity index (χ4v) is 4.35. The average molecular weight is 502 g/mol. The summed E-state index contributed by atoms with van der Waals surface area (Å²) in [5.41, 5.74) is 1.54. The Hall–Kier alpha value is -2.57. The molecule has 1 unspecified atom stereocenters. The quantitative estimate of drug-likeness (QED) is 0.479. The minimum atomic E-state index is -0.467. The van der Waals surface area contributed by atoms with Crippen molar-refractivity contribution in [1.29, 1.82) is 0 Å². The van der Waals surface area contributed by atoms with Crippen LogP contribution in [-0.2, 0) is 9.53 Å². The Labute approximate surface area is 218 Å². The Balaban J connectivity index is 0.00000222. The van der Waals surface area contributed by atoms with Crippen LogP contribution in [0.4, 0.5) is 4.79 Å². The second-order valence-corrected chi connectivity index (χ2v) is 10.9. The Morgan fingerprint density at radius 1 is 1.19 bits per heavy atom. The Bertz CT molecular complexity index is 868. The summed E-state index contributed by atoms with van der Waals surface area (Å²) in [6, 6.07) is 3.98. The Morgan fingerprint density at radius 2 is 1.89 bits per heavy atom. The first kappa shape index (κ1) is 29.7. The summed E-state index contributed by atoms with van der Waals surface area (Å²) in [4.78, 5) is 31.0. The fourth-order valence-electron chi connectivity index (χ4n) is 4.35. The number of likely N-dealkylation sites (tertiary alicyclic amines) is 1. The van der Waals surface area contributed by atoms with Gasteiger partial charge in [0.25, 0.3) is 0 Å². The minimum absolute atomic E-state index is 0.156. The first-order chi connectivity index (χ1) is 17.1. The van der Waals surface area contributed by atoms with Crippen LogP contribution >= 0.6 is 0 Å². The predicted octanol–water partition coefficient (Wildman–Crippen LogP) is 6.23. The second-order valence-electron chi connectivity index (χ2n) is 10.9. The number of allylic oxidation sites excluding steroid dienone is 2. The summed E-state index contributed by atoms with van der Waals surface area (Å²) in [6.07, 6.45) is 9.03. The first-order valence-electron chi connectivity index (χ1n) is 13.6. The standard InChI is InChI=1S/C27H41N3O4.C2H6/c1-6-15-28-24(31)27(5)13-9-21(10-14-27)22-7-8-23(29-18-22)33-19-20-11-16-30(17-12-20)25(32)34-26(2,3)4;1-2/h7-9,18,20H,6,10-17,19H2,1-5H3,(H,28,31);1-2H3. The maximum atomic E-state index is 12.5. The number of hydrogen-bond donors (Lipinski definition) is 1. The van der Waals surface area contributed by atoms with Gasteiger partial charge in [-0.25, -0.2) is 9.78 Å². The second kappa shape index (κ2) is 13.7. The van der Waals surface area contributed by atoms with E-state index < -0.39 is 5.60 Å². The van der Waals surface area contributed by atoms with Crippen molar-refractivity contribution in [2.75, 3.05) is 26.2 Å². The third-order valence-electron chi connectivity index (χ3n) is 6.67. The van der Waals surface area contributed by atoms with E-state index in [9.17, 15) is 9.59 Å². The molecule has 1 saturated heterocycles. The molecule has 1 aromatic rings. The highest BCUT2D eigenvalue weighted by Gasteiger charge is 2.34. The number of pyridine rings is 1. The molecule has 1 N–H and O–H groups in total. The van der Waals surface area contributed by atoms with Crippen LogP contribution in [0.5, 0.6) is 5.88 Å². The molecule has 0 saturated carbocycles. The van der Waals surface area contributed by atoms with E-state index in [1.807, 2.05) is 46.9 Å². The molecule has 2 heterocycles. The molecule has 1 atom stereocenters. The molecule has 0 bridgehead atoms. The van der Waals surface area contributed by atoms with Crippen molar-refractivity contribution in [1.82, 2.24) is 15.2 Å². The SMILES string of the molecule is CC.CCCNC(=O)C1(C)CC=C(c2ccc(OCC3CCN(C(=O)OC(C)(C)C)CC3)nc2)CC1. The zero-order valence-electron chi connectivity index (χ0n) is 23.5. The normalized spacial score (nSPS) is 20.5. The lowest BCUT2D eigenvalue weighted by Crippen LogP contribution is -2.42. The molecule has 7 nitrogen and oxygen atoms in total. The van der Waals surface area contributed by atoms with Crippen LogP contribution in [0.1, 0.15) is 92.6 Å². The molecular formula is C29H47N3O4. The third-order valence-corrected chi connectivity index (χ3v) is 6.67. The molecule has 0 aromatic carbocycles. The smallest absolute Gasteiger partial charge is 0.410 e. The summed E-state index contributed by atoms with van der Waals surface area (Å²) < 4.78 is 11.4. The Morgan fingerprint density at radius 3 is 2.42 bits per heavy atom. The number of carbonyl (C=O) groups is 2. The van der Waals surface area contributed by atoms with Gasteiger partial charge in [0.15, 0.2) is 0 Å². The van der Waals surface area contributed by atoms with Gasteiger partial charge in [-0.15, -0.1) is 0 Å². The van der Waals surface area contributed by atoms with Gasteiger partial charge in [-0.2, -0.15) is 0 Å². The van der Waals surface area contributed by atoms with E-state index in [4.69, 9.17) is 9.47 Å². The number of rotatable bonds is 7. The molecule has 2 amide bonds. The average Bonchev–Trinajstić information content (AvgIpc) is 2.87. The molecule has 1 fully saturated rings. The van der Waals surface area contributed by atoms with E-state index in [2.05, 4.69) is 36.3 Å². The molecule has 36 heavy (non-hydrogen) atoms. The van der Waals surface area contributed by atoms with Gasteiger partial charge in [0.1, 0.15) is 5.60 Å². The summed E-state index contributed by atoms with van der Waals surface area (Å²) >= 11 is 0. The van der Waals surface area contributed by atoms with Crippen molar-refractivity contribution >= 4 is 17.6 Å². The van der Waals surface area contributed by atoms with Crippen molar-refractivity contribution in [3.63, 3.8) is 0 Å². The van der Waals surface area contributed by atoms with Crippen LogP contribution in [0.15, 0.2) is 24.4 Å². The van der Waals surface area contributed by atoms with E-state index in [0.717, 1.165) is 50.6 Å². The van der Waals surface area contributed by atoms with Gasteiger partial charge >= 0.3 is 6.09 Å². The lowest BCUT2D eigenvalue weighted by Gasteiger charge is -2.33. The molecule has 202 valence electrons. The van der Waals surface area contributed by atoms with E-state index in [0.29, 0.717) is 31.5 Å². The molecule has 2 aliphatic rings. The Kier molecular flexibility index (Phi) is 11.3. The molecule has 7 heteroatoms. The van der Waals surface area contributed by atoms with Gasteiger partial charge in [-0.3, -0.25) is 4.79 Å². The highest BCUT2D eigenvalue weighted by atomic mass is 16.6. The number of hydrogen-bond acceptors (Lipinski definition) is 5. The zero-order chi connectivity index (χ0) is 26.8. The molecular weight excluding hydrogens is 454 g/mol. The fraction of sp³-hybridized carbons (Fsp3) is 0.690. The van der Waals surface area contributed by atoms with Gasteiger partial charge in [-0.05, 0) is 82.4 Å². The van der Waals surface area contributed by atoms with Crippen molar-refractivity contribution in [2.24, 2.45) is 11.3 Å². The van der Waals surface area contributed by atoms with Crippen molar-refractivity contribution in [2.45, 2.75) is 92.6 Å². The predicted molar refractivity (Wildman–Crippen MR) is 145 cm³/mol. The summed E-state index contributed by atoms with van der Waals surface area (Å²) in [6.45, 7) is 16.5. The van der Waals surface area contributed by atoms with Crippen LogP contribution in [0.3, 0.4) is 0 Å². The van der Waals surface area contributed by atoms with Gasteiger partial charge in [-0.1, -0.05) is 33.8 Å². The van der Waals surface area contributed by atoms with Crippen molar-refractivity contribution in [3.8, 4) is 5.88 Å². The number of ether oxygens (including phenoxy) is 2.